The SMILES string of the molecule is C=C(C)C(CCC(C)OC(C)=O)CC(OC)OC.COC(CC(CCC(C)OC(C)=O)C(C)C)OC. The molecule has 8 nitrogen and oxygen atoms in total. The van der Waals surface area contributed by atoms with E-state index in [-0.39, 0.29) is 36.7 Å². The fourth-order valence-corrected chi connectivity index (χ4v) is 3.91. The van der Waals surface area contributed by atoms with Crippen LogP contribution in [0.2, 0.25) is 0 Å². The summed E-state index contributed by atoms with van der Waals surface area (Å²) in [6.07, 6.45) is 4.81. The summed E-state index contributed by atoms with van der Waals surface area (Å²) in [5.41, 5.74) is 1.10. The van der Waals surface area contributed by atoms with Gasteiger partial charge >= 0.3 is 11.9 Å². The van der Waals surface area contributed by atoms with Crippen molar-refractivity contribution in [3.05, 3.63) is 12.2 Å². The first-order valence-corrected chi connectivity index (χ1v) is 12.9. The highest BCUT2D eigenvalue weighted by Crippen LogP contribution is 2.25. The average molecular weight is 519 g/mol. The van der Waals surface area contributed by atoms with E-state index in [0.29, 0.717) is 17.8 Å². The normalized spacial score (nSPS) is 14.6. The predicted octanol–water partition coefficient (Wildman–Crippen LogP) is 5.92. The van der Waals surface area contributed by atoms with Crippen molar-refractivity contribution in [2.45, 2.75) is 112 Å². The van der Waals surface area contributed by atoms with Crippen LogP contribution in [0.15, 0.2) is 12.2 Å². The maximum atomic E-state index is 10.8. The van der Waals surface area contributed by atoms with E-state index in [1.54, 1.807) is 28.4 Å². The third-order valence-corrected chi connectivity index (χ3v) is 6.26. The fourth-order valence-electron chi connectivity index (χ4n) is 3.91. The summed E-state index contributed by atoms with van der Waals surface area (Å²) >= 11 is 0. The van der Waals surface area contributed by atoms with E-state index in [0.717, 1.165) is 44.1 Å². The van der Waals surface area contributed by atoms with Crippen molar-refractivity contribution in [1.29, 1.82) is 0 Å². The van der Waals surface area contributed by atoms with Gasteiger partial charge in [0.25, 0.3) is 0 Å². The van der Waals surface area contributed by atoms with Gasteiger partial charge in [-0.25, -0.2) is 0 Å². The van der Waals surface area contributed by atoms with Crippen molar-refractivity contribution < 1.29 is 38.0 Å². The molecule has 0 aliphatic carbocycles. The minimum Gasteiger partial charge on any atom is -0.463 e. The first kappa shape index (κ1) is 36.7. The second-order valence-electron chi connectivity index (χ2n) is 9.82. The molecule has 214 valence electrons. The Balaban J connectivity index is 0. The van der Waals surface area contributed by atoms with Crippen LogP contribution in [0.25, 0.3) is 0 Å². The molecule has 0 aromatic rings. The zero-order valence-corrected chi connectivity index (χ0v) is 24.8. The Morgan fingerprint density at radius 3 is 1.36 bits per heavy atom. The van der Waals surface area contributed by atoms with Crippen LogP contribution in [0.1, 0.15) is 87.0 Å². The van der Waals surface area contributed by atoms with Crippen LogP contribution < -0.4 is 0 Å². The van der Waals surface area contributed by atoms with Crippen LogP contribution in [-0.2, 0) is 38.0 Å². The van der Waals surface area contributed by atoms with Crippen molar-refractivity contribution in [2.24, 2.45) is 17.8 Å². The Kier molecular flexibility index (Phi) is 22.0. The molecule has 0 radical (unpaired) electrons. The number of allylic oxidation sites excluding steroid dienone is 1. The number of carbonyl (C=O) groups excluding carboxylic acids is 2. The topological polar surface area (TPSA) is 89.5 Å². The van der Waals surface area contributed by atoms with Gasteiger partial charge in [-0.15, -0.1) is 0 Å². The molecule has 0 N–H and O–H groups in total. The number of carbonyl (C=O) groups is 2. The molecule has 0 aliphatic heterocycles. The highest BCUT2D eigenvalue weighted by molar-refractivity contribution is 5.66. The summed E-state index contributed by atoms with van der Waals surface area (Å²) in [6.45, 7) is 17.1. The van der Waals surface area contributed by atoms with Gasteiger partial charge < -0.3 is 28.4 Å². The molecule has 0 fully saturated rings. The Bertz CT molecular complexity index is 584. The van der Waals surface area contributed by atoms with Crippen LogP contribution in [0.3, 0.4) is 0 Å². The quantitative estimate of drug-likeness (QED) is 0.125. The van der Waals surface area contributed by atoms with Crippen LogP contribution in [0.5, 0.6) is 0 Å². The van der Waals surface area contributed by atoms with Gasteiger partial charge in [0.15, 0.2) is 12.6 Å². The van der Waals surface area contributed by atoms with E-state index in [9.17, 15) is 9.59 Å². The van der Waals surface area contributed by atoms with Gasteiger partial charge in [0.1, 0.15) is 0 Å². The molecule has 0 rings (SSSR count). The first-order valence-electron chi connectivity index (χ1n) is 12.9. The molecule has 4 atom stereocenters. The standard InChI is InChI=1S/C14H28O4.C14H26O4/c2*1-10(2)13(9-14(16-5)17-6)8-7-11(3)18-12(4)15/h10-11,13-14H,7-9H2,1-6H3;11,13-14H,1,7-9H2,2-6H3. The predicted molar refractivity (Wildman–Crippen MR) is 142 cm³/mol. The molecule has 0 aromatic heterocycles. The van der Waals surface area contributed by atoms with E-state index in [1.165, 1.54) is 13.8 Å². The van der Waals surface area contributed by atoms with Crippen LogP contribution >= 0.6 is 0 Å². The van der Waals surface area contributed by atoms with Crippen molar-refractivity contribution in [3.8, 4) is 0 Å². The third kappa shape index (κ3) is 19.7. The molecule has 0 heterocycles. The lowest BCUT2D eigenvalue weighted by Crippen LogP contribution is -2.23. The molecule has 0 saturated carbocycles. The number of esters is 2. The Labute approximate surface area is 220 Å². The summed E-state index contributed by atoms with van der Waals surface area (Å²) in [7, 11) is 6.58. The lowest BCUT2D eigenvalue weighted by molar-refractivity contribution is -0.147. The summed E-state index contributed by atoms with van der Waals surface area (Å²) in [6, 6.07) is 0. The van der Waals surface area contributed by atoms with E-state index in [2.05, 4.69) is 20.4 Å². The summed E-state index contributed by atoms with van der Waals surface area (Å²) in [4.78, 5) is 21.7. The number of rotatable bonds is 18. The maximum absolute atomic E-state index is 10.8. The lowest BCUT2D eigenvalue weighted by Gasteiger charge is -2.25. The molecule has 0 bridgehead atoms. The Morgan fingerprint density at radius 2 is 1.03 bits per heavy atom. The average Bonchev–Trinajstić information content (AvgIpc) is 2.78. The third-order valence-electron chi connectivity index (χ3n) is 6.26. The van der Waals surface area contributed by atoms with E-state index in [4.69, 9.17) is 28.4 Å². The summed E-state index contributed by atoms with van der Waals surface area (Å²) < 4.78 is 31.1. The highest BCUT2D eigenvalue weighted by atomic mass is 16.7. The second-order valence-corrected chi connectivity index (χ2v) is 9.82. The first-order chi connectivity index (χ1) is 16.8. The van der Waals surface area contributed by atoms with Gasteiger partial charge in [0, 0.05) is 55.1 Å². The van der Waals surface area contributed by atoms with Gasteiger partial charge in [-0.2, -0.15) is 0 Å². The Morgan fingerprint density at radius 1 is 0.639 bits per heavy atom. The van der Waals surface area contributed by atoms with Crippen molar-refractivity contribution in [3.63, 3.8) is 0 Å². The van der Waals surface area contributed by atoms with Gasteiger partial charge in [-0.1, -0.05) is 26.0 Å². The lowest BCUT2D eigenvalue weighted by atomic mass is 9.87. The number of methoxy groups -OCH3 is 4. The van der Waals surface area contributed by atoms with E-state index in [1.807, 2.05) is 20.8 Å². The molecule has 0 saturated heterocycles. The van der Waals surface area contributed by atoms with Gasteiger partial charge in [0.2, 0.25) is 0 Å². The van der Waals surface area contributed by atoms with Gasteiger partial charge in [-0.05, 0) is 64.2 Å². The maximum Gasteiger partial charge on any atom is 0.302 e. The molecule has 36 heavy (non-hydrogen) atoms. The zero-order chi connectivity index (χ0) is 28.3. The minimum atomic E-state index is -0.235. The van der Waals surface area contributed by atoms with Crippen LogP contribution in [-0.4, -0.2) is 65.2 Å². The minimum absolute atomic E-state index is 0.0210. The number of hydrogen-bond donors (Lipinski definition) is 0. The molecule has 4 unspecified atom stereocenters. The van der Waals surface area contributed by atoms with Crippen molar-refractivity contribution >= 4 is 11.9 Å². The van der Waals surface area contributed by atoms with E-state index < -0.39 is 0 Å². The van der Waals surface area contributed by atoms with Gasteiger partial charge in [0.05, 0.1) is 12.2 Å². The molecule has 8 heteroatoms. The highest BCUT2D eigenvalue weighted by Gasteiger charge is 2.21. The summed E-state index contributed by atoms with van der Waals surface area (Å²) in [5, 5.41) is 0. The Hall–Kier alpha value is -1.48. The largest absolute Gasteiger partial charge is 0.463 e. The molecular weight excluding hydrogens is 464 g/mol. The van der Waals surface area contributed by atoms with Gasteiger partial charge in [-0.3, -0.25) is 9.59 Å². The van der Waals surface area contributed by atoms with Crippen LogP contribution in [0, 0.1) is 17.8 Å². The zero-order valence-electron chi connectivity index (χ0n) is 24.8. The van der Waals surface area contributed by atoms with Crippen molar-refractivity contribution in [1.82, 2.24) is 0 Å². The van der Waals surface area contributed by atoms with Crippen LogP contribution in [0.4, 0.5) is 0 Å². The fraction of sp³-hybridized carbons (Fsp3) is 0.857. The molecule has 0 spiro atoms. The summed E-state index contributed by atoms with van der Waals surface area (Å²) in [5.74, 6) is 0.930. The smallest absolute Gasteiger partial charge is 0.302 e. The second kappa shape index (κ2) is 21.6. The molecule has 0 aromatic carbocycles. The van der Waals surface area contributed by atoms with Crippen molar-refractivity contribution in [2.75, 3.05) is 28.4 Å². The number of ether oxygens (including phenoxy) is 6. The molecular formula is C28H54O8. The van der Waals surface area contributed by atoms with E-state index >= 15 is 0 Å². The molecule has 0 amide bonds. The monoisotopic (exact) mass is 518 g/mol. The number of hydrogen-bond acceptors (Lipinski definition) is 8. The molecule has 0 aliphatic rings.